The first kappa shape index (κ1) is 19.5. The molecule has 2 heterocycles. The van der Waals surface area contributed by atoms with Gasteiger partial charge in [-0.25, -0.2) is 0 Å². The number of rotatable bonds is 6. The summed E-state index contributed by atoms with van der Waals surface area (Å²) in [5.41, 5.74) is 5.35. The number of aromatic nitrogens is 1. The van der Waals surface area contributed by atoms with Gasteiger partial charge in [0.25, 0.3) is 0 Å². The average Bonchev–Trinajstić information content (AvgIpc) is 3.09. The van der Waals surface area contributed by atoms with E-state index in [9.17, 15) is 4.79 Å². The zero-order chi connectivity index (χ0) is 19.5. The molecule has 1 aliphatic carbocycles. The zero-order valence-electron chi connectivity index (χ0n) is 17.4. The van der Waals surface area contributed by atoms with Crippen LogP contribution in [0.4, 0.5) is 0 Å². The van der Waals surface area contributed by atoms with E-state index in [0.717, 1.165) is 32.6 Å². The Hall–Kier alpha value is -1.85. The molecule has 1 aromatic carbocycles. The van der Waals surface area contributed by atoms with Crippen molar-refractivity contribution in [2.24, 2.45) is 0 Å². The van der Waals surface area contributed by atoms with Crippen LogP contribution in [0, 0.1) is 0 Å². The first-order valence-electron chi connectivity index (χ1n) is 10.9. The van der Waals surface area contributed by atoms with Crippen molar-refractivity contribution in [1.29, 1.82) is 0 Å². The maximum atomic E-state index is 12.4. The molecule has 152 valence electrons. The lowest BCUT2D eigenvalue weighted by Crippen LogP contribution is -2.48. The third-order valence-electron chi connectivity index (χ3n) is 6.60. The summed E-state index contributed by atoms with van der Waals surface area (Å²) in [6, 6.07) is 7.05. The van der Waals surface area contributed by atoms with Gasteiger partial charge in [-0.05, 0) is 69.3 Å². The summed E-state index contributed by atoms with van der Waals surface area (Å²) >= 11 is 0. The van der Waals surface area contributed by atoms with Gasteiger partial charge in [-0.1, -0.05) is 6.07 Å². The number of piperazine rings is 1. The second-order valence-electron chi connectivity index (χ2n) is 8.67. The van der Waals surface area contributed by atoms with Crippen molar-refractivity contribution >= 4 is 16.8 Å². The normalized spacial score (nSPS) is 19.5. The first-order chi connectivity index (χ1) is 13.6. The van der Waals surface area contributed by atoms with Gasteiger partial charge in [0.2, 0.25) is 5.91 Å². The second kappa shape index (κ2) is 8.66. The highest BCUT2D eigenvalue weighted by atomic mass is 16.1. The Labute approximate surface area is 168 Å². The number of H-pyrrole nitrogens is 1. The van der Waals surface area contributed by atoms with Crippen LogP contribution < -0.4 is 5.32 Å². The molecule has 5 heteroatoms. The van der Waals surface area contributed by atoms with Crippen molar-refractivity contribution in [3.05, 3.63) is 35.0 Å². The minimum absolute atomic E-state index is 0.164. The molecule has 2 aromatic rings. The van der Waals surface area contributed by atoms with Gasteiger partial charge < -0.3 is 15.2 Å². The summed E-state index contributed by atoms with van der Waals surface area (Å²) in [5.74, 6) is 0.164. The van der Waals surface area contributed by atoms with Crippen LogP contribution in [0.2, 0.25) is 0 Å². The first-order valence-corrected chi connectivity index (χ1v) is 10.9. The Morgan fingerprint density at radius 2 is 1.96 bits per heavy atom. The van der Waals surface area contributed by atoms with E-state index in [-0.39, 0.29) is 5.91 Å². The number of hydrogen-bond acceptors (Lipinski definition) is 3. The van der Waals surface area contributed by atoms with Gasteiger partial charge in [0.05, 0.1) is 0 Å². The molecule has 1 fully saturated rings. The van der Waals surface area contributed by atoms with E-state index in [1.165, 1.54) is 53.4 Å². The van der Waals surface area contributed by atoms with Crippen molar-refractivity contribution < 1.29 is 4.79 Å². The highest BCUT2D eigenvalue weighted by Crippen LogP contribution is 2.29. The van der Waals surface area contributed by atoms with Gasteiger partial charge in [-0.15, -0.1) is 0 Å². The van der Waals surface area contributed by atoms with E-state index in [1.807, 2.05) is 0 Å². The van der Waals surface area contributed by atoms with Gasteiger partial charge in [0, 0.05) is 61.8 Å². The standard InChI is InChI=1S/C23H34N4O/c1-17(27-13-11-26(2)12-14-27)7-10-23(28)24-16-18-8-9-22-20(15-18)19-5-3-4-6-21(19)25-22/h8-9,15,17,25H,3-7,10-14,16H2,1-2H3,(H,24,28). The van der Waals surface area contributed by atoms with Crippen molar-refractivity contribution in [2.75, 3.05) is 33.2 Å². The largest absolute Gasteiger partial charge is 0.358 e. The van der Waals surface area contributed by atoms with Crippen LogP contribution in [0.15, 0.2) is 18.2 Å². The third-order valence-corrected chi connectivity index (χ3v) is 6.60. The molecule has 0 radical (unpaired) electrons. The van der Waals surface area contributed by atoms with Crippen LogP contribution in [0.5, 0.6) is 0 Å². The summed E-state index contributed by atoms with van der Waals surface area (Å²) in [7, 11) is 2.18. The van der Waals surface area contributed by atoms with E-state index in [1.54, 1.807) is 0 Å². The summed E-state index contributed by atoms with van der Waals surface area (Å²) in [6.07, 6.45) is 6.45. The van der Waals surface area contributed by atoms with E-state index >= 15 is 0 Å². The molecule has 4 rings (SSSR count). The minimum atomic E-state index is 0.164. The molecule has 1 aromatic heterocycles. The number of hydrogen-bond donors (Lipinski definition) is 2. The van der Waals surface area contributed by atoms with Crippen molar-refractivity contribution in [2.45, 2.75) is 58.0 Å². The number of aromatic amines is 1. The molecule has 28 heavy (non-hydrogen) atoms. The van der Waals surface area contributed by atoms with Gasteiger partial charge in [-0.2, -0.15) is 0 Å². The predicted octanol–water partition coefficient (Wildman–Crippen LogP) is 3.08. The van der Waals surface area contributed by atoms with Crippen molar-refractivity contribution in [3.8, 4) is 0 Å². The molecule has 0 spiro atoms. The van der Waals surface area contributed by atoms with Crippen molar-refractivity contribution in [3.63, 3.8) is 0 Å². The molecular weight excluding hydrogens is 348 g/mol. The number of nitrogens with zero attached hydrogens (tertiary/aromatic N) is 2. The number of carbonyl (C=O) groups is 1. The lowest BCUT2D eigenvalue weighted by atomic mass is 9.95. The van der Waals surface area contributed by atoms with Crippen LogP contribution >= 0.6 is 0 Å². The lowest BCUT2D eigenvalue weighted by Gasteiger charge is -2.36. The topological polar surface area (TPSA) is 51.4 Å². The van der Waals surface area contributed by atoms with Crippen molar-refractivity contribution in [1.82, 2.24) is 20.1 Å². The molecule has 5 nitrogen and oxygen atoms in total. The fourth-order valence-electron chi connectivity index (χ4n) is 4.64. The fourth-order valence-corrected chi connectivity index (χ4v) is 4.64. The van der Waals surface area contributed by atoms with Crippen LogP contribution in [-0.2, 0) is 24.2 Å². The summed E-state index contributed by atoms with van der Waals surface area (Å²) in [5, 5.41) is 4.48. The minimum Gasteiger partial charge on any atom is -0.358 e. The van der Waals surface area contributed by atoms with Gasteiger partial charge in [-0.3, -0.25) is 9.69 Å². The Kier molecular flexibility index (Phi) is 6.02. The Bertz CT molecular complexity index is 819. The Balaban J connectivity index is 1.27. The quantitative estimate of drug-likeness (QED) is 0.807. The van der Waals surface area contributed by atoms with Crippen LogP contribution in [0.1, 0.15) is 49.4 Å². The van der Waals surface area contributed by atoms with Gasteiger partial charge in [0.15, 0.2) is 0 Å². The highest BCUT2D eigenvalue weighted by molar-refractivity contribution is 5.85. The number of likely N-dealkylation sites (N-methyl/N-ethyl adjacent to an activating group) is 1. The molecule has 1 amide bonds. The molecule has 1 saturated heterocycles. The highest BCUT2D eigenvalue weighted by Gasteiger charge is 2.20. The van der Waals surface area contributed by atoms with Crippen LogP contribution in [0.3, 0.4) is 0 Å². The number of nitrogens with one attached hydrogen (secondary N) is 2. The Morgan fingerprint density at radius 1 is 1.18 bits per heavy atom. The number of aryl methyl sites for hydroxylation is 2. The third kappa shape index (κ3) is 4.41. The maximum absolute atomic E-state index is 12.4. The summed E-state index contributed by atoms with van der Waals surface area (Å²) in [4.78, 5) is 20.8. The monoisotopic (exact) mass is 382 g/mol. The number of fused-ring (bicyclic) bond motifs is 3. The van der Waals surface area contributed by atoms with Gasteiger partial charge >= 0.3 is 0 Å². The molecule has 0 saturated carbocycles. The summed E-state index contributed by atoms with van der Waals surface area (Å²) < 4.78 is 0. The number of amides is 1. The van der Waals surface area contributed by atoms with E-state index in [0.29, 0.717) is 19.0 Å². The SMILES string of the molecule is CC(CCC(=O)NCc1ccc2[nH]c3c(c2c1)CCCC3)N1CCN(C)CC1. The Morgan fingerprint density at radius 3 is 2.79 bits per heavy atom. The molecule has 2 aliphatic rings. The van der Waals surface area contributed by atoms with Crippen LogP contribution in [-0.4, -0.2) is 60.0 Å². The average molecular weight is 383 g/mol. The van der Waals surface area contributed by atoms with Gasteiger partial charge in [0.1, 0.15) is 0 Å². The lowest BCUT2D eigenvalue weighted by molar-refractivity contribution is -0.121. The maximum Gasteiger partial charge on any atom is 0.220 e. The number of carbonyl (C=O) groups excluding carboxylic acids is 1. The molecule has 2 N–H and O–H groups in total. The van der Waals surface area contributed by atoms with E-state index in [4.69, 9.17) is 0 Å². The molecular formula is C23H34N4O. The smallest absolute Gasteiger partial charge is 0.220 e. The zero-order valence-corrected chi connectivity index (χ0v) is 17.4. The molecule has 1 atom stereocenters. The van der Waals surface area contributed by atoms with E-state index in [2.05, 4.69) is 52.3 Å². The summed E-state index contributed by atoms with van der Waals surface area (Å²) in [6.45, 7) is 7.35. The molecule has 1 unspecified atom stereocenters. The second-order valence-corrected chi connectivity index (χ2v) is 8.67. The predicted molar refractivity (Wildman–Crippen MR) is 115 cm³/mol. The molecule has 0 bridgehead atoms. The van der Waals surface area contributed by atoms with Crippen LogP contribution in [0.25, 0.3) is 10.9 Å². The molecule has 1 aliphatic heterocycles. The van der Waals surface area contributed by atoms with E-state index < -0.39 is 0 Å². The number of benzene rings is 1. The fraction of sp³-hybridized carbons (Fsp3) is 0.609.